The van der Waals surface area contributed by atoms with Crippen molar-refractivity contribution in [3.05, 3.63) is 23.3 Å². The monoisotopic (exact) mass is 1190 g/mol. The smallest absolute Gasteiger partial charge is 0.335 e. The number of carbonyl (C=O) groups excluding carboxylic acids is 1. The number of fused-ring (bicyclic) bond motifs is 7. The third-order valence-corrected chi connectivity index (χ3v) is 22.1. The van der Waals surface area contributed by atoms with E-state index in [0.717, 1.165) is 5.57 Å². The van der Waals surface area contributed by atoms with Crippen LogP contribution in [0.15, 0.2) is 23.3 Å². The first-order valence-electron chi connectivity index (χ1n) is 29.1. The lowest BCUT2D eigenvalue weighted by Crippen LogP contribution is -2.72. The number of aliphatic hydroxyl groups is 14. The molecule has 4 saturated heterocycles. The summed E-state index contributed by atoms with van der Waals surface area (Å²) in [5.74, 6) is -3.24. The van der Waals surface area contributed by atoms with Crippen molar-refractivity contribution in [1.82, 2.24) is 0 Å². The predicted octanol–water partition coefficient (Wildman–Crippen LogP) is -2.79. The number of carboxylic acids is 1. The number of rotatable bonds is 14. The number of esters is 1. The normalized spacial score (nSPS) is 52.7. The first-order valence-corrected chi connectivity index (χ1v) is 29.1. The zero-order valence-electron chi connectivity index (χ0n) is 48.3. The molecule has 0 unspecified atom stereocenters. The molecule has 0 spiro atoms. The Bertz CT molecular complexity index is 2390. The summed E-state index contributed by atoms with van der Waals surface area (Å²) in [7, 11) is 0. The maximum Gasteiger partial charge on any atom is 0.335 e. The van der Waals surface area contributed by atoms with Crippen LogP contribution in [0.4, 0.5) is 0 Å². The Morgan fingerprint density at radius 1 is 0.663 bits per heavy atom. The topological polar surface area (TPSA) is 421 Å². The Morgan fingerprint density at radius 2 is 1.29 bits per heavy atom. The van der Waals surface area contributed by atoms with Crippen molar-refractivity contribution in [3.8, 4) is 0 Å². The van der Waals surface area contributed by atoms with Crippen molar-refractivity contribution in [2.75, 3.05) is 33.0 Å². The molecule has 474 valence electrons. The van der Waals surface area contributed by atoms with E-state index in [1.807, 2.05) is 20.8 Å². The van der Waals surface area contributed by atoms with Gasteiger partial charge in [-0.05, 0) is 92.8 Å². The largest absolute Gasteiger partial charge is 0.479 e. The minimum absolute atomic E-state index is 0.0901. The fourth-order valence-electron chi connectivity index (χ4n) is 16.8. The van der Waals surface area contributed by atoms with E-state index in [4.69, 9.17) is 42.6 Å². The number of carbonyl (C=O) groups is 2. The van der Waals surface area contributed by atoms with Crippen LogP contribution < -0.4 is 0 Å². The molecule has 0 aromatic carbocycles. The van der Waals surface area contributed by atoms with Crippen LogP contribution in [-0.4, -0.2) is 257 Å². The minimum atomic E-state index is -2.25. The minimum Gasteiger partial charge on any atom is -0.479 e. The standard InChI is InChI=1S/C57H90O26/c1-9-23(2)47(74)83-45-44(71)57(22-60)25(16-52(45,3)4)24-10-11-30-53(5)14-13-32(54(6,21-59)29(53)12-15-55(30,7)56(24,8)17-31(57)63)78-51-43(82-49-38(69)36(67)35(66)28(18-58)77-49)40(39(70)41(80-51)46(72)73)79-50-42(34(65)27(62)20-76-50)81-48-37(68)33(64)26(61)19-75-48/h9-10,25-45,48-51,58-71H,11-22H2,1-8H3,(H,72,73)/b23-9-/t25-,26+,27-,28+,29+,30-,31+,32-,33-,34-,35-,36-,37+,38+,39-,40-,41-,42+,43+,44-,45-,48-,49-,50-,51+,53-,54-,55+,56+,57-/m0/s1. The van der Waals surface area contributed by atoms with Gasteiger partial charge in [0.15, 0.2) is 31.3 Å². The van der Waals surface area contributed by atoms with Crippen LogP contribution in [0.5, 0.6) is 0 Å². The second-order valence-corrected chi connectivity index (χ2v) is 26.9. The Kier molecular flexibility index (Phi) is 18.6. The summed E-state index contributed by atoms with van der Waals surface area (Å²) in [6.45, 7) is 12.5. The van der Waals surface area contributed by atoms with Crippen LogP contribution in [0.3, 0.4) is 0 Å². The molecule has 26 heteroatoms. The molecule has 0 aromatic heterocycles. The molecule has 30 atom stereocenters. The molecule has 4 heterocycles. The highest BCUT2D eigenvalue weighted by atomic mass is 16.8. The highest BCUT2D eigenvalue weighted by Crippen LogP contribution is 2.76. The van der Waals surface area contributed by atoms with Crippen molar-refractivity contribution < 1.29 is 129 Å². The quantitative estimate of drug-likeness (QED) is 0.0362. The molecule has 4 aliphatic heterocycles. The SMILES string of the molecule is C/C=C(/C)C(=O)O[C@H]1[C@H](O)[C@]2(CO)[C@H](O)C[C@]3(C)C(=CC[C@H]4[C@@]5(C)CC[C@H](O[C@@H]6O[C@H](C(=O)O)[C@@H](O)[C@H](O[C@@H]7OC[C@H](O)[C@H](O)[C@H]7O[C@@H]7OC[C@@H](O)[C@H](O)[C@H]7O)[C@H]6O[C@@H]6O[C@H](CO)[C@H](O)[C@H](O)[C@H]6O)[C@@](C)(CO)[C@@H]5CC[C@]43C)[C@@H]2CC1(C)C. The van der Waals surface area contributed by atoms with E-state index in [0.29, 0.717) is 37.7 Å². The molecule has 0 aromatic rings. The summed E-state index contributed by atoms with van der Waals surface area (Å²) in [4.78, 5) is 26.3. The first-order chi connectivity index (χ1) is 38.9. The van der Waals surface area contributed by atoms with Gasteiger partial charge in [0.05, 0.1) is 50.7 Å². The highest BCUT2D eigenvalue weighted by molar-refractivity contribution is 5.87. The average molecular weight is 1190 g/mol. The number of aliphatic carboxylic acids is 1. The molecule has 26 nitrogen and oxygen atoms in total. The van der Waals surface area contributed by atoms with Gasteiger partial charge in [-0.1, -0.05) is 59.3 Å². The van der Waals surface area contributed by atoms with E-state index < -0.39 is 218 Å². The maximum absolute atomic E-state index is 13.2. The number of carboxylic acid groups (broad SMARTS) is 1. The van der Waals surface area contributed by atoms with E-state index >= 15 is 0 Å². The third kappa shape index (κ3) is 10.5. The van der Waals surface area contributed by atoms with Gasteiger partial charge < -0.3 is 119 Å². The third-order valence-electron chi connectivity index (χ3n) is 22.1. The zero-order chi connectivity index (χ0) is 61.0. The van der Waals surface area contributed by atoms with Crippen molar-refractivity contribution >= 4 is 11.9 Å². The number of hydrogen-bond donors (Lipinski definition) is 15. The van der Waals surface area contributed by atoms with Gasteiger partial charge >= 0.3 is 11.9 Å². The van der Waals surface area contributed by atoms with Gasteiger partial charge in [0.25, 0.3) is 0 Å². The summed E-state index contributed by atoms with van der Waals surface area (Å²) < 4.78 is 54.3. The van der Waals surface area contributed by atoms with Crippen LogP contribution in [0.2, 0.25) is 0 Å². The van der Waals surface area contributed by atoms with Gasteiger partial charge in [-0.3, -0.25) is 0 Å². The van der Waals surface area contributed by atoms with Crippen molar-refractivity contribution in [1.29, 1.82) is 0 Å². The molecule has 0 radical (unpaired) electrons. The zero-order valence-corrected chi connectivity index (χ0v) is 48.3. The molecule has 8 fully saturated rings. The van der Waals surface area contributed by atoms with Crippen molar-refractivity contribution in [3.63, 3.8) is 0 Å². The van der Waals surface area contributed by atoms with E-state index in [1.54, 1.807) is 19.9 Å². The number of allylic oxidation sites excluding steroid dienone is 3. The molecule has 9 aliphatic rings. The van der Waals surface area contributed by atoms with Crippen molar-refractivity contribution in [2.45, 2.75) is 235 Å². The number of hydrogen-bond acceptors (Lipinski definition) is 25. The van der Waals surface area contributed by atoms with E-state index in [2.05, 4.69) is 26.8 Å². The van der Waals surface area contributed by atoms with Gasteiger partial charge in [0.1, 0.15) is 91.6 Å². The molecule has 9 rings (SSSR count). The van der Waals surface area contributed by atoms with Crippen LogP contribution in [0.1, 0.15) is 100 Å². The lowest BCUT2D eigenvalue weighted by atomic mass is 9.33. The molecular formula is C57H90O26. The number of ether oxygens (including phenoxy) is 9. The highest BCUT2D eigenvalue weighted by Gasteiger charge is 2.73. The van der Waals surface area contributed by atoms with Gasteiger partial charge in [-0.2, -0.15) is 0 Å². The second-order valence-electron chi connectivity index (χ2n) is 26.9. The summed E-state index contributed by atoms with van der Waals surface area (Å²) in [6.07, 6.45) is -32.2. The molecule has 15 N–H and O–H groups in total. The Hall–Kier alpha value is -2.46. The molecule has 83 heavy (non-hydrogen) atoms. The van der Waals surface area contributed by atoms with Gasteiger partial charge in [0, 0.05) is 16.4 Å². The molecule has 5 aliphatic carbocycles. The maximum atomic E-state index is 13.2. The average Bonchev–Trinajstić information content (AvgIpc) is 0.730. The molecule has 4 saturated carbocycles. The summed E-state index contributed by atoms with van der Waals surface area (Å²) in [5, 5.41) is 167. The van der Waals surface area contributed by atoms with Crippen LogP contribution in [0.25, 0.3) is 0 Å². The first kappa shape index (κ1) is 65.0. The number of aliphatic hydroxyl groups excluding tert-OH is 14. The molecule has 0 amide bonds. The van der Waals surface area contributed by atoms with Gasteiger partial charge in [-0.15, -0.1) is 0 Å². The van der Waals surface area contributed by atoms with E-state index in [9.17, 15) is 86.2 Å². The Morgan fingerprint density at radius 3 is 1.92 bits per heavy atom. The lowest BCUT2D eigenvalue weighted by molar-refractivity contribution is -0.400. The summed E-state index contributed by atoms with van der Waals surface area (Å²) in [5.41, 5.74) is -3.80. The second kappa shape index (κ2) is 23.8. The van der Waals surface area contributed by atoms with E-state index in [-0.39, 0.29) is 24.7 Å². The van der Waals surface area contributed by atoms with Crippen molar-refractivity contribution in [2.24, 2.45) is 50.2 Å². The van der Waals surface area contributed by atoms with Crippen LogP contribution in [-0.2, 0) is 52.2 Å². The molecular weight excluding hydrogens is 1100 g/mol. The van der Waals surface area contributed by atoms with Crippen LogP contribution in [0, 0.1) is 50.2 Å². The Labute approximate surface area is 481 Å². The fraction of sp³-hybridized carbons (Fsp3) is 0.895. The Balaban J connectivity index is 1.04. The van der Waals surface area contributed by atoms with Gasteiger partial charge in [-0.25, -0.2) is 9.59 Å². The van der Waals surface area contributed by atoms with Crippen LogP contribution >= 0.6 is 0 Å². The fourth-order valence-corrected chi connectivity index (χ4v) is 16.8. The molecule has 0 bridgehead atoms. The lowest BCUT2D eigenvalue weighted by Gasteiger charge is -2.72. The van der Waals surface area contributed by atoms with E-state index in [1.165, 1.54) is 0 Å². The van der Waals surface area contributed by atoms with Gasteiger partial charge in [0.2, 0.25) is 0 Å². The summed E-state index contributed by atoms with van der Waals surface area (Å²) in [6, 6.07) is 0. The summed E-state index contributed by atoms with van der Waals surface area (Å²) >= 11 is 0. The predicted molar refractivity (Wildman–Crippen MR) is 280 cm³/mol.